The largest absolute Gasteiger partial charge is 0.348 e. The third-order valence-electron chi connectivity index (χ3n) is 4.97. The Labute approximate surface area is 130 Å². The van der Waals surface area contributed by atoms with Gasteiger partial charge in [-0.1, -0.05) is 24.3 Å². The predicted molar refractivity (Wildman–Crippen MR) is 85.3 cm³/mol. The van der Waals surface area contributed by atoms with E-state index in [-0.39, 0.29) is 11.9 Å². The molecule has 4 heteroatoms. The summed E-state index contributed by atoms with van der Waals surface area (Å²) in [5.74, 6) is 0.268. The van der Waals surface area contributed by atoms with Crippen LogP contribution in [0.15, 0.2) is 42.6 Å². The predicted octanol–water partition coefficient (Wildman–Crippen LogP) is 1.89. The Morgan fingerprint density at radius 1 is 1.05 bits per heavy atom. The monoisotopic (exact) mass is 295 g/mol. The Balaban J connectivity index is 1.54. The second-order valence-electron chi connectivity index (χ2n) is 6.36. The molecule has 2 aromatic rings. The molecule has 1 amide bonds. The van der Waals surface area contributed by atoms with Crippen LogP contribution in [0, 0.1) is 0 Å². The number of nitrogens with zero attached hydrogens (tertiary/aromatic N) is 3. The summed E-state index contributed by atoms with van der Waals surface area (Å²) in [4.78, 5) is 17.2. The molecule has 1 aromatic carbocycles. The summed E-state index contributed by atoms with van der Waals surface area (Å²) in [6.45, 7) is 3.31. The van der Waals surface area contributed by atoms with Crippen LogP contribution >= 0.6 is 0 Å². The van der Waals surface area contributed by atoms with Crippen molar-refractivity contribution in [1.82, 2.24) is 14.4 Å². The summed E-state index contributed by atoms with van der Waals surface area (Å²) in [7, 11) is 2.06. The van der Waals surface area contributed by atoms with E-state index in [9.17, 15) is 4.79 Å². The molecule has 0 radical (unpaired) electrons. The molecule has 22 heavy (non-hydrogen) atoms. The molecule has 1 aromatic heterocycles. The lowest BCUT2D eigenvalue weighted by Gasteiger charge is -2.38. The topological polar surface area (TPSA) is 28.5 Å². The number of amides is 1. The Morgan fingerprint density at radius 3 is 2.73 bits per heavy atom. The van der Waals surface area contributed by atoms with Crippen LogP contribution in [0.1, 0.15) is 16.8 Å². The van der Waals surface area contributed by atoms with Gasteiger partial charge in [0.2, 0.25) is 5.91 Å². The van der Waals surface area contributed by atoms with Gasteiger partial charge in [-0.05, 0) is 36.7 Å². The highest BCUT2D eigenvalue weighted by atomic mass is 16.2. The molecule has 2 aliphatic heterocycles. The van der Waals surface area contributed by atoms with Crippen LogP contribution in [0.4, 0.5) is 0 Å². The first-order chi connectivity index (χ1) is 10.7. The van der Waals surface area contributed by atoms with Gasteiger partial charge in [0.25, 0.3) is 0 Å². The zero-order valence-corrected chi connectivity index (χ0v) is 12.9. The number of carbonyl (C=O) groups is 1. The van der Waals surface area contributed by atoms with Crippen molar-refractivity contribution < 1.29 is 4.79 Å². The summed E-state index contributed by atoms with van der Waals surface area (Å²) >= 11 is 0. The van der Waals surface area contributed by atoms with Crippen molar-refractivity contribution in [2.45, 2.75) is 32.1 Å². The van der Waals surface area contributed by atoms with Crippen molar-refractivity contribution >= 4 is 5.91 Å². The second-order valence-corrected chi connectivity index (χ2v) is 6.36. The van der Waals surface area contributed by atoms with Crippen LogP contribution in [-0.4, -0.2) is 39.9 Å². The van der Waals surface area contributed by atoms with Crippen LogP contribution in [0.3, 0.4) is 0 Å². The smallest absolute Gasteiger partial charge is 0.240 e. The third-order valence-corrected chi connectivity index (χ3v) is 4.97. The molecule has 4 rings (SSSR count). The molecule has 4 nitrogen and oxygen atoms in total. The van der Waals surface area contributed by atoms with E-state index >= 15 is 0 Å². The molecule has 0 N–H and O–H groups in total. The zero-order valence-electron chi connectivity index (χ0n) is 12.9. The maximum atomic E-state index is 13.0. The highest BCUT2D eigenvalue weighted by Gasteiger charge is 2.33. The minimum Gasteiger partial charge on any atom is -0.348 e. The quantitative estimate of drug-likeness (QED) is 0.804. The highest BCUT2D eigenvalue weighted by molar-refractivity contribution is 5.82. The zero-order chi connectivity index (χ0) is 15.1. The molecule has 0 aliphatic carbocycles. The first kappa shape index (κ1) is 13.6. The second kappa shape index (κ2) is 5.29. The van der Waals surface area contributed by atoms with E-state index in [0.29, 0.717) is 0 Å². The summed E-state index contributed by atoms with van der Waals surface area (Å²) in [6, 6.07) is 12.6. The molecule has 0 saturated heterocycles. The molecule has 1 atom stereocenters. The molecule has 1 unspecified atom stereocenters. The number of aromatic nitrogens is 1. The van der Waals surface area contributed by atoms with Crippen molar-refractivity contribution in [3.63, 3.8) is 0 Å². The normalized spacial score (nSPS) is 21.3. The average Bonchev–Trinajstić information content (AvgIpc) is 3.01. The van der Waals surface area contributed by atoms with Gasteiger partial charge in [-0.25, -0.2) is 0 Å². The van der Waals surface area contributed by atoms with Gasteiger partial charge in [-0.2, -0.15) is 0 Å². The molecule has 0 spiro atoms. The van der Waals surface area contributed by atoms with E-state index in [1.165, 1.54) is 16.8 Å². The molecule has 2 aliphatic rings. The van der Waals surface area contributed by atoms with E-state index in [2.05, 4.69) is 59.1 Å². The molecular weight excluding hydrogens is 274 g/mol. The van der Waals surface area contributed by atoms with Gasteiger partial charge in [0.1, 0.15) is 0 Å². The van der Waals surface area contributed by atoms with Gasteiger partial charge < -0.3 is 9.47 Å². The number of rotatable bonds is 1. The van der Waals surface area contributed by atoms with Crippen molar-refractivity contribution in [3.05, 3.63) is 59.4 Å². The van der Waals surface area contributed by atoms with Crippen molar-refractivity contribution in [2.75, 3.05) is 13.6 Å². The summed E-state index contributed by atoms with van der Waals surface area (Å²) in [6.07, 6.45) is 2.92. The van der Waals surface area contributed by atoms with Crippen LogP contribution in [0.25, 0.3) is 0 Å². The minimum absolute atomic E-state index is 0.0311. The number of benzene rings is 1. The fourth-order valence-electron chi connectivity index (χ4n) is 3.64. The summed E-state index contributed by atoms with van der Waals surface area (Å²) < 4.78 is 2.24. The van der Waals surface area contributed by atoms with Gasteiger partial charge in [0.05, 0.1) is 12.6 Å². The Kier molecular flexibility index (Phi) is 3.26. The summed E-state index contributed by atoms with van der Waals surface area (Å²) in [5.41, 5.74) is 3.90. The molecular formula is C18H21N3O. The van der Waals surface area contributed by atoms with E-state index in [1.54, 1.807) is 0 Å². The standard InChI is InChI=1S/C18H21N3O/c1-19-12-15-6-3-2-5-14(15)11-17(19)18(22)21-10-9-20-8-4-7-16(20)13-21/h2-8,17H,9-13H2,1H3. The van der Waals surface area contributed by atoms with Gasteiger partial charge in [-0.15, -0.1) is 0 Å². The van der Waals surface area contributed by atoms with E-state index in [0.717, 1.165) is 32.6 Å². The van der Waals surface area contributed by atoms with Crippen LogP contribution in [0.5, 0.6) is 0 Å². The molecule has 0 bridgehead atoms. The molecule has 114 valence electrons. The lowest BCUT2D eigenvalue weighted by Crippen LogP contribution is -2.51. The average molecular weight is 295 g/mol. The Hall–Kier alpha value is -2.07. The van der Waals surface area contributed by atoms with Crippen molar-refractivity contribution in [2.24, 2.45) is 0 Å². The van der Waals surface area contributed by atoms with Gasteiger partial charge >= 0.3 is 0 Å². The maximum Gasteiger partial charge on any atom is 0.240 e. The van der Waals surface area contributed by atoms with E-state index in [4.69, 9.17) is 0 Å². The number of hydrogen-bond acceptors (Lipinski definition) is 2. The number of carbonyl (C=O) groups excluding carboxylic acids is 1. The lowest BCUT2D eigenvalue weighted by molar-refractivity contribution is -0.138. The van der Waals surface area contributed by atoms with Crippen LogP contribution < -0.4 is 0 Å². The van der Waals surface area contributed by atoms with Crippen LogP contribution in [-0.2, 0) is 30.8 Å². The van der Waals surface area contributed by atoms with Gasteiger partial charge in [0, 0.05) is 31.5 Å². The number of hydrogen-bond donors (Lipinski definition) is 0. The van der Waals surface area contributed by atoms with Crippen molar-refractivity contribution in [1.29, 1.82) is 0 Å². The lowest BCUT2D eigenvalue weighted by atomic mass is 9.93. The first-order valence-electron chi connectivity index (χ1n) is 7.92. The van der Waals surface area contributed by atoms with Crippen LogP contribution in [0.2, 0.25) is 0 Å². The Bertz CT molecular complexity index is 706. The molecule has 3 heterocycles. The van der Waals surface area contributed by atoms with Crippen molar-refractivity contribution in [3.8, 4) is 0 Å². The summed E-state index contributed by atoms with van der Waals surface area (Å²) in [5, 5.41) is 0. The van der Waals surface area contributed by atoms with E-state index < -0.39 is 0 Å². The van der Waals surface area contributed by atoms with Gasteiger partial charge in [-0.3, -0.25) is 9.69 Å². The van der Waals surface area contributed by atoms with Gasteiger partial charge in [0.15, 0.2) is 0 Å². The highest BCUT2D eigenvalue weighted by Crippen LogP contribution is 2.24. The molecule has 0 fully saturated rings. The first-order valence-corrected chi connectivity index (χ1v) is 7.92. The fraction of sp³-hybridized carbons (Fsp3) is 0.389. The fourth-order valence-corrected chi connectivity index (χ4v) is 3.64. The Morgan fingerprint density at radius 2 is 1.86 bits per heavy atom. The number of fused-ring (bicyclic) bond motifs is 2. The molecule has 0 saturated carbocycles. The minimum atomic E-state index is -0.0311. The SMILES string of the molecule is CN1Cc2ccccc2CC1C(=O)N1CCn2cccc2C1. The van der Waals surface area contributed by atoms with E-state index in [1.807, 2.05) is 4.90 Å². The number of likely N-dealkylation sites (N-methyl/N-ethyl adjacent to an activating group) is 1. The third kappa shape index (κ3) is 2.24. The maximum absolute atomic E-state index is 13.0.